The molecule has 0 atom stereocenters. The Balaban J connectivity index is 1.77. The zero-order chi connectivity index (χ0) is 15.7. The van der Waals surface area contributed by atoms with Crippen LogP contribution in [-0.4, -0.2) is 25.4 Å². The normalized spacial score (nSPS) is 10.7. The van der Waals surface area contributed by atoms with Crippen molar-refractivity contribution in [1.29, 1.82) is 0 Å². The van der Waals surface area contributed by atoms with Gasteiger partial charge in [0.2, 0.25) is 0 Å². The molecule has 0 saturated carbocycles. The van der Waals surface area contributed by atoms with Crippen molar-refractivity contribution in [3.05, 3.63) is 59.7 Å². The number of nitrogens with zero attached hydrogens (tertiary/aromatic N) is 3. The summed E-state index contributed by atoms with van der Waals surface area (Å²) >= 11 is 0. The van der Waals surface area contributed by atoms with Gasteiger partial charge in [-0.2, -0.15) is 0 Å². The molecule has 6 heteroatoms. The molecule has 3 rings (SSSR count). The molecule has 112 valence electrons. The van der Waals surface area contributed by atoms with Crippen LogP contribution in [0.1, 0.15) is 27.7 Å². The second-order valence-corrected chi connectivity index (χ2v) is 5.20. The van der Waals surface area contributed by atoms with E-state index in [4.69, 9.17) is 0 Å². The van der Waals surface area contributed by atoms with Crippen LogP contribution >= 0.6 is 0 Å². The van der Waals surface area contributed by atoms with Crippen LogP contribution in [0.2, 0.25) is 0 Å². The monoisotopic (exact) mass is 295 g/mol. The average Bonchev–Trinajstić information content (AvgIpc) is 3.08. The molecule has 0 aliphatic rings. The lowest BCUT2D eigenvalue weighted by Crippen LogP contribution is -2.13. The number of nitrogens with one attached hydrogen (secondary N) is 2. The van der Waals surface area contributed by atoms with E-state index >= 15 is 0 Å². The maximum atomic E-state index is 12.0. The molecule has 2 heterocycles. The lowest BCUT2D eigenvalue weighted by atomic mass is 10.2. The number of rotatable bonds is 3. The molecule has 6 nitrogen and oxygen atoms in total. The van der Waals surface area contributed by atoms with Crippen molar-refractivity contribution in [1.82, 2.24) is 19.5 Å². The van der Waals surface area contributed by atoms with Crippen molar-refractivity contribution in [2.24, 2.45) is 0 Å². The number of benzene rings is 1. The first-order valence-corrected chi connectivity index (χ1v) is 6.98. The fourth-order valence-electron chi connectivity index (χ4n) is 2.18. The number of carbonyl (C=O) groups excluding carboxylic acids is 1. The first-order valence-electron chi connectivity index (χ1n) is 6.98. The highest BCUT2D eigenvalue weighted by Crippen LogP contribution is 2.17. The number of hydrogen-bond donors (Lipinski definition) is 2. The van der Waals surface area contributed by atoms with E-state index < -0.39 is 0 Å². The largest absolute Gasteiger partial charge is 0.338 e. The highest BCUT2D eigenvalue weighted by atomic mass is 16.2. The molecule has 0 saturated heterocycles. The fraction of sp³-hybridized carbons (Fsp3) is 0.188. The van der Waals surface area contributed by atoms with Gasteiger partial charge in [-0.1, -0.05) is 0 Å². The number of aromatic nitrogens is 4. The maximum Gasteiger partial charge on any atom is 0.291 e. The highest BCUT2D eigenvalue weighted by molar-refractivity contribution is 6.01. The molecule has 0 bridgehead atoms. The first kappa shape index (κ1) is 14.1. The second kappa shape index (κ2) is 5.48. The molecule has 1 aromatic carbocycles. The van der Waals surface area contributed by atoms with Crippen molar-refractivity contribution in [2.75, 3.05) is 5.32 Å². The molecule has 2 aromatic heterocycles. The van der Waals surface area contributed by atoms with Gasteiger partial charge in [0.15, 0.2) is 5.82 Å². The number of amides is 1. The van der Waals surface area contributed by atoms with Crippen molar-refractivity contribution in [3.63, 3.8) is 0 Å². The quantitative estimate of drug-likeness (QED) is 0.780. The fourth-order valence-corrected chi connectivity index (χ4v) is 2.18. The topological polar surface area (TPSA) is 75.6 Å². The van der Waals surface area contributed by atoms with Crippen LogP contribution in [-0.2, 0) is 0 Å². The molecule has 0 fully saturated rings. The smallest absolute Gasteiger partial charge is 0.291 e. The van der Waals surface area contributed by atoms with E-state index in [1.54, 1.807) is 12.5 Å². The van der Waals surface area contributed by atoms with Gasteiger partial charge in [0.25, 0.3) is 5.91 Å². The Kier molecular flexibility index (Phi) is 3.50. The van der Waals surface area contributed by atoms with E-state index in [1.165, 1.54) is 0 Å². The Hall–Kier alpha value is -2.89. The highest BCUT2D eigenvalue weighted by Gasteiger charge is 2.10. The molecular weight excluding hydrogens is 278 g/mol. The third-order valence-electron chi connectivity index (χ3n) is 3.57. The van der Waals surface area contributed by atoms with Gasteiger partial charge in [-0.15, -0.1) is 0 Å². The van der Waals surface area contributed by atoms with Gasteiger partial charge in [0, 0.05) is 29.0 Å². The van der Waals surface area contributed by atoms with E-state index in [9.17, 15) is 4.79 Å². The molecule has 2 N–H and O–H groups in total. The molecule has 3 aromatic rings. The molecule has 22 heavy (non-hydrogen) atoms. The van der Waals surface area contributed by atoms with Crippen molar-refractivity contribution >= 4 is 11.6 Å². The van der Waals surface area contributed by atoms with E-state index in [1.807, 2.05) is 49.6 Å². The Morgan fingerprint density at radius 2 is 1.86 bits per heavy atom. The predicted molar refractivity (Wildman–Crippen MR) is 84.3 cm³/mol. The van der Waals surface area contributed by atoms with Crippen molar-refractivity contribution in [3.8, 4) is 5.69 Å². The van der Waals surface area contributed by atoms with Crippen LogP contribution in [0.15, 0.2) is 36.8 Å². The summed E-state index contributed by atoms with van der Waals surface area (Å²) in [5.41, 5.74) is 4.68. The van der Waals surface area contributed by atoms with Crippen LogP contribution in [0.25, 0.3) is 5.69 Å². The average molecular weight is 295 g/mol. The zero-order valence-corrected chi connectivity index (χ0v) is 12.7. The van der Waals surface area contributed by atoms with E-state index in [2.05, 4.69) is 20.3 Å². The van der Waals surface area contributed by atoms with E-state index in [0.717, 1.165) is 28.5 Å². The van der Waals surface area contributed by atoms with Gasteiger partial charge in [0.05, 0.1) is 12.0 Å². The van der Waals surface area contributed by atoms with Crippen molar-refractivity contribution in [2.45, 2.75) is 20.8 Å². The minimum Gasteiger partial charge on any atom is -0.338 e. The summed E-state index contributed by atoms with van der Waals surface area (Å²) in [7, 11) is 0. The number of anilines is 1. The molecule has 0 spiro atoms. The van der Waals surface area contributed by atoms with E-state index in [0.29, 0.717) is 5.82 Å². The Bertz CT molecular complexity index is 813. The van der Waals surface area contributed by atoms with Crippen LogP contribution in [0.4, 0.5) is 5.69 Å². The molecule has 0 aliphatic carbocycles. The molecule has 0 aliphatic heterocycles. The summed E-state index contributed by atoms with van der Waals surface area (Å²) < 4.78 is 2.01. The number of imidazole rings is 2. The standard InChI is InChI=1S/C16H17N5O/c1-10-8-17-15(19-10)16(22)20-13-4-6-14(7-5-13)21-9-18-11(2)12(21)3/h4-9H,1-3H3,(H,17,19)(H,20,22). The maximum absolute atomic E-state index is 12.0. The lowest BCUT2D eigenvalue weighted by molar-refractivity contribution is 0.101. The molecule has 0 radical (unpaired) electrons. The Morgan fingerprint density at radius 1 is 1.14 bits per heavy atom. The number of aryl methyl sites for hydroxylation is 2. The van der Waals surface area contributed by atoms with Gasteiger partial charge >= 0.3 is 0 Å². The van der Waals surface area contributed by atoms with Gasteiger partial charge < -0.3 is 14.9 Å². The van der Waals surface area contributed by atoms with Gasteiger partial charge in [-0.05, 0) is 45.0 Å². The van der Waals surface area contributed by atoms with E-state index in [-0.39, 0.29) is 5.91 Å². The summed E-state index contributed by atoms with van der Waals surface area (Å²) in [6, 6.07) is 7.60. The van der Waals surface area contributed by atoms with Gasteiger partial charge in [-0.25, -0.2) is 9.97 Å². The van der Waals surface area contributed by atoms with Crippen LogP contribution in [0.3, 0.4) is 0 Å². The summed E-state index contributed by atoms with van der Waals surface area (Å²) in [4.78, 5) is 23.2. The number of hydrogen-bond acceptors (Lipinski definition) is 3. The molecule has 0 unspecified atom stereocenters. The van der Waals surface area contributed by atoms with Crippen molar-refractivity contribution < 1.29 is 4.79 Å². The lowest BCUT2D eigenvalue weighted by Gasteiger charge is -2.08. The minimum absolute atomic E-state index is 0.254. The third kappa shape index (κ3) is 2.63. The van der Waals surface area contributed by atoms with Crippen LogP contribution in [0.5, 0.6) is 0 Å². The van der Waals surface area contributed by atoms with Gasteiger partial charge in [0.1, 0.15) is 0 Å². The third-order valence-corrected chi connectivity index (χ3v) is 3.57. The van der Waals surface area contributed by atoms with Crippen LogP contribution in [0, 0.1) is 20.8 Å². The SMILES string of the molecule is Cc1cnc(C(=O)Nc2ccc(-n3cnc(C)c3C)cc2)[nH]1. The molecule has 1 amide bonds. The summed E-state index contributed by atoms with van der Waals surface area (Å²) in [5.74, 6) is 0.0539. The number of carbonyl (C=O) groups is 1. The Morgan fingerprint density at radius 3 is 2.41 bits per heavy atom. The second-order valence-electron chi connectivity index (χ2n) is 5.20. The van der Waals surface area contributed by atoms with Gasteiger partial charge in [-0.3, -0.25) is 4.79 Å². The predicted octanol–water partition coefficient (Wildman–Crippen LogP) is 2.77. The van der Waals surface area contributed by atoms with Crippen LogP contribution < -0.4 is 5.32 Å². The first-order chi connectivity index (χ1) is 10.5. The molecular formula is C16H17N5O. The summed E-state index contributed by atoms with van der Waals surface area (Å²) in [5, 5.41) is 2.81. The summed E-state index contributed by atoms with van der Waals surface area (Å²) in [6.07, 6.45) is 3.42. The number of aromatic amines is 1. The zero-order valence-electron chi connectivity index (χ0n) is 12.7. The number of H-pyrrole nitrogens is 1. The minimum atomic E-state index is -0.254. The Labute approximate surface area is 128 Å². The summed E-state index contributed by atoms with van der Waals surface area (Å²) in [6.45, 7) is 5.86.